The van der Waals surface area contributed by atoms with Crippen molar-refractivity contribution >= 4 is 23.6 Å². The molecule has 3 N–H and O–H groups in total. The maximum atomic E-state index is 13.2. The van der Waals surface area contributed by atoms with E-state index in [1.54, 1.807) is 30.3 Å². The minimum absolute atomic E-state index is 0.0259. The van der Waals surface area contributed by atoms with Gasteiger partial charge in [0.05, 0.1) is 12.8 Å². The highest BCUT2D eigenvalue weighted by Crippen LogP contribution is 2.34. The van der Waals surface area contributed by atoms with Crippen molar-refractivity contribution in [2.75, 3.05) is 5.32 Å². The molecule has 3 amide bonds. The fourth-order valence-corrected chi connectivity index (χ4v) is 3.41. The zero-order chi connectivity index (χ0) is 22.0. The molecule has 4 rings (SSSR count). The number of nitrogens with two attached hydrogens (primary N) is 1. The fourth-order valence-electron chi connectivity index (χ4n) is 3.41. The van der Waals surface area contributed by atoms with Crippen LogP contribution in [0.15, 0.2) is 71.3 Å². The normalized spacial score (nSPS) is 18.0. The second-order valence-corrected chi connectivity index (χ2v) is 6.96. The number of nitrogens with zero attached hydrogens (tertiary/aromatic N) is 1. The third-order valence-corrected chi connectivity index (χ3v) is 4.86. The van der Waals surface area contributed by atoms with Crippen LogP contribution in [0, 0.1) is 5.82 Å². The summed E-state index contributed by atoms with van der Waals surface area (Å²) < 4.78 is 23.7. The Morgan fingerprint density at radius 3 is 2.55 bits per heavy atom. The van der Waals surface area contributed by atoms with Crippen LogP contribution in [0.4, 0.5) is 14.9 Å². The molecular weight excluding hydrogens is 405 g/mol. The lowest BCUT2D eigenvalue weighted by Gasteiger charge is -2.22. The standard InChI is InChI=1S/C22H18FN3O5/c23-15-8-6-13(7-9-15)12-26-18(20(24)27)19(31-22(26)29)14-3-1-4-16(11-14)25-21(28)17-5-2-10-30-17/h1-11,18-19H,12H2,(H2,24,27)(H,25,28). The molecule has 2 unspecified atom stereocenters. The van der Waals surface area contributed by atoms with Gasteiger partial charge in [-0.25, -0.2) is 9.18 Å². The smallest absolute Gasteiger partial charge is 0.411 e. The van der Waals surface area contributed by atoms with Crippen LogP contribution in [0.5, 0.6) is 0 Å². The highest BCUT2D eigenvalue weighted by molar-refractivity contribution is 6.02. The molecule has 1 aliphatic rings. The van der Waals surface area contributed by atoms with E-state index in [-0.39, 0.29) is 12.3 Å². The van der Waals surface area contributed by atoms with Gasteiger partial charge >= 0.3 is 6.09 Å². The van der Waals surface area contributed by atoms with Gasteiger partial charge in [0.15, 0.2) is 17.9 Å². The molecule has 9 heteroatoms. The van der Waals surface area contributed by atoms with E-state index in [4.69, 9.17) is 14.9 Å². The molecule has 2 aromatic carbocycles. The summed E-state index contributed by atoms with van der Waals surface area (Å²) in [5.41, 5.74) is 7.11. The third kappa shape index (κ3) is 4.25. The predicted molar refractivity (Wildman–Crippen MR) is 107 cm³/mol. The van der Waals surface area contributed by atoms with Crippen molar-refractivity contribution in [1.29, 1.82) is 0 Å². The third-order valence-electron chi connectivity index (χ3n) is 4.86. The molecule has 1 aromatic heterocycles. The van der Waals surface area contributed by atoms with Crippen LogP contribution in [-0.2, 0) is 16.1 Å². The Hall–Kier alpha value is -4.14. The summed E-state index contributed by atoms with van der Waals surface area (Å²) >= 11 is 0. The first-order valence-corrected chi connectivity index (χ1v) is 9.38. The number of carbonyl (C=O) groups excluding carboxylic acids is 3. The molecule has 158 valence electrons. The SMILES string of the molecule is NC(=O)C1C(c2cccc(NC(=O)c3ccco3)c2)OC(=O)N1Cc1ccc(F)cc1. The Bertz CT molecular complexity index is 1110. The fraction of sp³-hybridized carbons (Fsp3) is 0.136. The Kier molecular flexibility index (Phi) is 5.40. The van der Waals surface area contributed by atoms with Crippen LogP contribution < -0.4 is 11.1 Å². The van der Waals surface area contributed by atoms with Gasteiger partial charge in [-0.15, -0.1) is 0 Å². The summed E-state index contributed by atoms with van der Waals surface area (Å²) in [6, 6.07) is 14.2. The lowest BCUT2D eigenvalue weighted by molar-refractivity contribution is -0.123. The number of anilines is 1. The lowest BCUT2D eigenvalue weighted by atomic mass is 10.0. The average Bonchev–Trinajstić information content (AvgIpc) is 3.39. The highest BCUT2D eigenvalue weighted by atomic mass is 19.1. The quantitative estimate of drug-likeness (QED) is 0.632. The maximum absolute atomic E-state index is 13.2. The summed E-state index contributed by atoms with van der Waals surface area (Å²) in [7, 11) is 0. The largest absolute Gasteiger partial charge is 0.459 e. The van der Waals surface area contributed by atoms with Gasteiger partial charge in [-0.2, -0.15) is 0 Å². The van der Waals surface area contributed by atoms with Crippen molar-refractivity contribution in [2.24, 2.45) is 5.73 Å². The monoisotopic (exact) mass is 423 g/mol. The number of furan rings is 1. The van der Waals surface area contributed by atoms with E-state index in [1.807, 2.05) is 0 Å². The molecule has 31 heavy (non-hydrogen) atoms. The zero-order valence-electron chi connectivity index (χ0n) is 16.2. The number of halogens is 1. The molecule has 0 radical (unpaired) electrons. The van der Waals surface area contributed by atoms with E-state index in [9.17, 15) is 18.8 Å². The van der Waals surface area contributed by atoms with E-state index in [0.29, 0.717) is 16.8 Å². The van der Waals surface area contributed by atoms with Crippen LogP contribution >= 0.6 is 0 Å². The van der Waals surface area contributed by atoms with Crippen molar-refractivity contribution in [3.63, 3.8) is 0 Å². The van der Waals surface area contributed by atoms with Gasteiger partial charge in [-0.05, 0) is 47.5 Å². The van der Waals surface area contributed by atoms with E-state index < -0.39 is 35.9 Å². The molecule has 0 saturated carbocycles. The highest BCUT2D eigenvalue weighted by Gasteiger charge is 2.46. The summed E-state index contributed by atoms with van der Waals surface area (Å²) in [6.45, 7) is 0.0259. The number of amides is 3. The van der Waals surface area contributed by atoms with Gasteiger partial charge in [0.25, 0.3) is 5.91 Å². The van der Waals surface area contributed by atoms with Crippen molar-refractivity contribution < 1.29 is 27.9 Å². The number of hydrogen-bond acceptors (Lipinski definition) is 5. The number of benzene rings is 2. The number of carbonyl (C=O) groups is 3. The van der Waals surface area contributed by atoms with Crippen LogP contribution in [0.25, 0.3) is 0 Å². The van der Waals surface area contributed by atoms with Gasteiger partial charge in [0.2, 0.25) is 5.91 Å². The molecule has 0 spiro atoms. The summed E-state index contributed by atoms with van der Waals surface area (Å²) in [5.74, 6) is -1.47. The van der Waals surface area contributed by atoms with E-state index in [0.717, 1.165) is 0 Å². The lowest BCUT2D eigenvalue weighted by Crippen LogP contribution is -2.43. The number of nitrogens with one attached hydrogen (secondary N) is 1. The molecular formula is C22H18FN3O5. The molecule has 0 aliphatic carbocycles. The van der Waals surface area contributed by atoms with E-state index in [1.165, 1.54) is 41.5 Å². The van der Waals surface area contributed by atoms with Crippen molar-refractivity contribution in [3.8, 4) is 0 Å². The molecule has 1 aliphatic heterocycles. The molecule has 2 atom stereocenters. The summed E-state index contributed by atoms with van der Waals surface area (Å²) in [4.78, 5) is 38.1. The van der Waals surface area contributed by atoms with Gasteiger partial charge in [0.1, 0.15) is 5.82 Å². The zero-order valence-corrected chi connectivity index (χ0v) is 16.2. The van der Waals surface area contributed by atoms with Crippen LogP contribution in [0.3, 0.4) is 0 Å². The Morgan fingerprint density at radius 2 is 1.87 bits per heavy atom. The van der Waals surface area contributed by atoms with E-state index in [2.05, 4.69) is 5.32 Å². The molecule has 2 heterocycles. The maximum Gasteiger partial charge on any atom is 0.411 e. The molecule has 0 bridgehead atoms. The Morgan fingerprint density at radius 1 is 1.10 bits per heavy atom. The second kappa shape index (κ2) is 8.31. The number of hydrogen-bond donors (Lipinski definition) is 2. The average molecular weight is 423 g/mol. The minimum atomic E-state index is -1.08. The molecule has 1 fully saturated rings. The van der Waals surface area contributed by atoms with E-state index >= 15 is 0 Å². The first kappa shape index (κ1) is 20.1. The summed E-state index contributed by atoms with van der Waals surface area (Å²) in [5, 5.41) is 2.68. The molecule has 1 saturated heterocycles. The van der Waals surface area contributed by atoms with Crippen molar-refractivity contribution in [3.05, 3.63) is 89.6 Å². The van der Waals surface area contributed by atoms with Crippen LogP contribution in [0.1, 0.15) is 27.8 Å². The van der Waals surface area contributed by atoms with Crippen molar-refractivity contribution in [1.82, 2.24) is 4.90 Å². The topological polar surface area (TPSA) is 115 Å². The van der Waals surface area contributed by atoms with Crippen LogP contribution in [0.2, 0.25) is 0 Å². The molecule has 8 nitrogen and oxygen atoms in total. The van der Waals surface area contributed by atoms with Gasteiger partial charge in [0, 0.05) is 5.69 Å². The van der Waals surface area contributed by atoms with Gasteiger partial charge < -0.3 is 20.2 Å². The second-order valence-electron chi connectivity index (χ2n) is 6.96. The van der Waals surface area contributed by atoms with Gasteiger partial charge in [-0.3, -0.25) is 14.5 Å². The number of primary amides is 1. The predicted octanol–water partition coefficient (Wildman–Crippen LogP) is 3.22. The van der Waals surface area contributed by atoms with Crippen LogP contribution in [-0.4, -0.2) is 28.8 Å². The van der Waals surface area contributed by atoms with Crippen molar-refractivity contribution in [2.45, 2.75) is 18.7 Å². The number of cyclic esters (lactones) is 1. The number of rotatable bonds is 6. The minimum Gasteiger partial charge on any atom is -0.459 e. The molecule has 3 aromatic rings. The Labute approximate surface area is 176 Å². The Balaban J connectivity index is 1.57. The first-order valence-electron chi connectivity index (χ1n) is 9.38. The van der Waals surface area contributed by atoms with Gasteiger partial charge in [-0.1, -0.05) is 24.3 Å². The number of ether oxygens (including phenoxy) is 1. The first-order chi connectivity index (χ1) is 14.9. The summed E-state index contributed by atoms with van der Waals surface area (Å²) in [6.07, 6.45) is -0.301.